The fourth-order valence-electron chi connectivity index (χ4n) is 9.09. The lowest BCUT2D eigenvalue weighted by molar-refractivity contribution is -0.145. The zero-order valence-corrected chi connectivity index (χ0v) is 28.6. The number of aromatic hydroxyl groups is 1. The van der Waals surface area contributed by atoms with Gasteiger partial charge in [0.05, 0.1) is 5.92 Å². The second kappa shape index (κ2) is 17.4. The van der Waals surface area contributed by atoms with Crippen molar-refractivity contribution in [3.05, 3.63) is 89.0 Å². The van der Waals surface area contributed by atoms with Crippen LogP contribution in [0.25, 0.3) is 0 Å². The number of carbonyl (C=O) groups is 1. The molecule has 3 aliphatic carbocycles. The van der Waals surface area contributed by atoms with Gasteiger partial charge in [0.2, 0.25) is 0 Å². The first-order valence-electron chi connectivity index (χ1n) is 19.0. The van der Waals surface area contributed by atoms with Gasteiger partial charge in [0, 0.05) is 5.41 Å². The Hall–Kier alpha value is -2.81. The third kappa shape index (κ3) is 8.96. The van der Waals surface area contributed by atoms with E-state index in [0.717, 1.165) is 62.8 Å². The maximum absolute atomic E-state index is 12.8. The summed E-state index contributed by atoms with van der Waals surface area (Å²) >= 11 is 0. The van der Waals surface area contributed by atoms with Crippen molar-refractivity contribution in [2.75, 3.05) is 0 Å². The Morgan fingerprint density at radius 3 is 2.43 bits per heavy atom. The normalized spacial score (nSPS) is 25.2. The molecule has 1 spiro atoms. The Morgan fingerprint density at radius 2 is 1.67 bits per heavy atom. The highest BCUT2D eigenvalue weighted by molar-refractivity contribution is 5.73. The monoisotopic (exact) mass is 624 g/mol. The molecule has 2 N–H and O–H groups in total. The van der Waals surface area contributed by atoms with E-state index in [2.05, 4.69) is 67.6 Å². The van der Waals surface area contributed by atoms with E-state index in [1.807, 2.05) is 6.07 Å². The van der Waals surface area contributed by atoms with E-state index in [4.69, 9.17) is 0 Å². The van der Waals surface area contributed by atoms with E-state index in [9.17, 15) is 15.0 Å². The van der Waals surface area contributed by atoms with Crippen LogP contribution in [0.4, 0.5) is 0 Å². The molecule has 5 rings (SSSR count). The number of allylic oxidation sites excluding steroid dienone is 4. The summed E-state index contributed by atoms with van der Waals surface area (Å²) in [5.41, 5.74) is 4.72. The number of phenols is 1. The number of phenolic OH excluding ortho intramolecular Hbond substituents is 1. The van der Waals surface area contributed by atoms with Crippen LogP contribution >= 0.6 is 0 Å². The molecule has 3 aliphatic rings. The number of fused-ring (bicyclic) bond motifs is 3. The van der Waals surface area contributed by atoms with E-state index in [0.29, 0.717) is 24.0 Å². The number of benzene rings is 2. The minimum absolute atomic E-state index is 0.294. The Labute approximate surface area is 279 Å². The van der Waals surface area contributed by atoms with Crippen LogP contribution < -0.4 is 0 Å². The molecule has 46 heavy (non-hydrogen) atoms. The summed E-state index contributed by atoms with van der Waals surface area (Å²) in [4.78, 5) is 12.8. The molecule has 1 saturated carbocycles. The number of carboxylic acids is 1. The molecule has 4 atom stereocenters. The Morgan fingerprint density at radius 1 is 0.870 bits per heavy atom. The molecular formula is C43H60O3. The summed E-state index contributed by atoms with van der Waals surface area (Å²) in [7, 11) is 0. The lowest BCUT2D eigenvalue weighted by Gasteiger charge is -2.42. The van der Waals surface area contributed by atoms with E-state index in [1.54, 1.807) is 0 Å². The van der Waals surface area contributed by atoms with Gasteiger partial charge in [-0.05, 0) is 117 Å². The first-order valence-corrected chi connectivity index (χ1v) is 19.0. The van der Waals surface area contributed by atoms with E-state index in [-0.39, 0.29) is 11.3 Å². The summed E-state index contributed by atoms with van der Waals surface area (Å²) in [6.45, 7) is 2.23. The molecule has 0 aromatic heterocycles. The van der Waals surface area contributed by atoms with Gasteiger partial charge in [-0.15, -0.1) is 0 Å². The fourth-order valence-corrected chi connectivity index (χ4v) is 9.09. The van der Waals surface area contributed by atoms with Crippen molar-refractivity contribution in [1.29, 1.82) is 0 Å². The average molecular weight is 625 g/mol. The van der Waals surface area contributed by atoms with Crippen molar-refractivity contribution in [3.8, 4) is 5.75 Å². The second-order valence-corrected chi connectivity index (χ2v) is 14.9. The minimum Gasteiger partial charge on any atom is -0.508 e. The van der Waals surface area contributed by atoms with Crippen molar-refractivity contribution >= 4 is 5.97 Å². The number of carboxylic acid groups (broad SMARTS) is 1. The predicted octanol–water partition coefficient (Wildman–Crippen LogP) is 11.6. The molecule has 2 aromatic carbocycles. The molecule has 1 fully saturated rings. The van der Waals surface area contributed by atoms with Crippen molar-refractivity contribution in [3.63, 3.8) is 0 Å². The molecule has 0 saturated heterocycles. The number of aliphatic carboxylic acids is 1. The van der Waals surface area contributed by atoms with Gasteiger partial charge in [0.1, 0.15) is 5.75 Å². The van der Waals surface area contributed by atoms with Gasteiger partial charge in [-0.1, -0.05) is 125 Å². The zero-order valence-electron chi connectivity index (χ0n) is 28.6. The number of hydrogen-bond donors (Lipinski definition) is 2. The van der Waals surface area contributed by atoms with Gasteiger partial charge < -0.3 is 10.2 Å². The van der Waals surface area contributed by atoms with E-state index in [1.165, 1.54) is 87.3 Å². The highest BCUT2D eigenvalue weighted by atomic mass is 16.4. The van der Waals surface area contributed by atoms with Crippen molar-refractivity contribution in [2.24, 2.45) is 17.8 Å². The molecule has 0 radical (unpaired) electrons. The highest BCUT2D eigenvalue weighted by Gasteiger charge is 2.44. The molecule has 3 nitrogen and oxygen atoms in total. The topological polar surface area (TPSA) is 57.5 Å². The minimum atomic E-state index is -0.642. The number of aryl methyl sites for hydroxylation is 1. The molecule has 2 aromatic rings. The number of rotatable bonds is 13. The number of unbranched alkanes of at least 4 members (excludes halogenated alkanes) is 5. The summed E-state index contributed by atoms with van der Waals surface area (Å²) in [5, 5.41) is 21.4. The lowest BCUT2D eigenvalue weighted by Crippen LogP contribution is -2.41. The average Bonchev–Trinajstić information content (AvgIpc) is 3.59. The molecular weight excluding hydrogens is 564 g/mol. The van der Waals surface area contributed by atoms with Crippen LogP contribution in [-0.2, 0) is 23.1 Å². The Bertz CT molecular complexity index is 1300. The van der Waals surface area contributed by atoms with Gasteiger partial charge in [-0.25, -0.2) is 0 Å². The summed E-state index contributed by atoms with van der Waals surface area (Å²) in [6.07, 6.45) is 31.8. The van der Waals surface area contributed by atoms with E-state index >= 15 is 0 Å². The number of hydrogen-bond acceptors (Lipinski definition) is 2. The summed E-state index contributed by atoms with van der Waals surface area (Å²) in [6, 6.07) is 15.5. The third-order valence-electron chi connectivity index (χ3n) is 11.8. The third-order valence-corrected chi connectivity index (χ3v) is 11.8. The van der Waals surface area contributed by atoms with Crippen LogP contribution in [-0.4, -0.2) is 16.2 Å². The Balaban J connectivity index is 1.43. The molecule has 0 heterocycles. The summed E-state index contributed by atoms with van der Waals surface area (Å²) in [5.74, 6) is 1.03. The molecule has 0 amide bonds. The van der Waals surface area contributed by atoms with Gasteiger partial charge in [-0.2, -0.15) is 0 Å². The first-order chi connectivity index (χ1) is 22.5. The second-order valence-electron chi connectivity index (χ2n) is 14.9. The van der Waals surface area contributed by atoms with Crippen LogP contribution in [0.3, 0.4) is 0 Å². The maximum Gasteiger partial charge on any atom is 0.307 e. The van der Waals surface area contributed by atoms with Gasteiger partial charge in [0.15, 0.2) is 0 Å². The lowest BCUT2D eigenvalue weighted by atomic mass is 9.60. The van der Waals surface area contributed by atoms with Crippen molar-refractivity contribution in [2.45, 2.75) is 147 Å². The van der Waals surface area contributed by atoms with Crippen molar-refractivity contribution < 1.29 is 15.0 Å². The molecule has 250 valence electrons. The van der Waals surface area contributed by atoms with Crippen LogP contribution in [0.15, 0.2) is 66.8 Å². The van der Waals surface area contributed by atoms with Crippen LogP contribution in [0.5, 0.6) is 5.75 Å². The van der Waals surface area contributed by atoms with Gasteiger partial charge in [-0.3, -0.25) is 4.79 Å². The van der Waals surface area contributed by atoms with Crippen LogP contribution in [0.1, 0.15) is 151 Å². The van der Waals surface area contributed by atoms with Crippen molar-refractivity contribution in [1.82, 2.24) is 0 Å². The largest absolute Gasteiger partial charge is 0.508 e. The van der Waals surface area contributed by atoms with Gasteiger partial charge in [0.25, 0.3) is 0 Å². The molecule has 0 aliphatic heterocycles. The predicted molar refractivity (Wildman–Crippen MR) is 192 cm³/mol. The Kier molecular flexibility index (Phi) is 13.0. The summed E-state index contributed by atoms with van der Waals surface area (Å²) < 4.78 is 0. The molecule has 0 unspecified atom stereocenters. The van der Waals surface area contributed by atoms with Crippen LogP contribution in [0.2, 0.25) is 0 Å². The van der Waals surface area contributed by atoms with E-state index < -0.39 is 5.97 Å². The van der Waals surface area contributed by atoms with Crippen LogP contribution in [0, 0.1) is 17.8 Å². The smallest absolute Gasteiger partial charge is 0.307 e. The highest BCUT2D eigenvalue weighted by Crippen LogP contribution is 2.48. The van der Waals surface area contributed by atoms with Gasteiger partial charge >= 0.3 is 5.97 Å². The SMILES string of the molecule is CCCCCc1cc([C@H]2Cc3cccc(c3)C3(CCCCC3)[C@H](C(=O)O)C/C=C/C[C@@H]2CCCCCC[C@@H]2C=CCC2)ccc1O. The zero-order chi connectivity index (χ0) is 32.2. The molecule has 2 bridgehead atoms. The maximum atomic E-state index is 12.8. The quantitative estimate of drug-likeness (QED) is 0.172. The molecule has 3 heteroatoms. The standard InChI is InChI=1S/C43H60O3/c1-2-3-7-23-37-32-36(26-27-41(37)44)39-31-34-20-16-24-38(30-34)43(28-14-6-15-29-43)40(42(45)46)25-13-12-22-35(39)21-9-5-4-8-17-33-18-10-11-19-33/h10,12-13,16,18,20,24,26-27,30,32-33,35,39-40,44H,2-9,11,14-15,17,19,21-23,25,28-29,31H2,1H3,(H,45,46)/b13-12+/t33-,35+,39+,40+/m1/s1. The fraction of sp³-hybridized carbons (Fsp3) is 0.605. The first kappa shape index (κ1) is 34.5.